The predicted octanol–water partition coefficient (Wildman–Crippen LogP) is 0.740. The molecule has 1 aromatic rings. The number of carbonyl (C=O) groups excluding carboxylic acids is 1. The number of amides is 1. The maximum absolute atomic E-state index is 11.2. The standard InChI is InChI=1S/C8H13N3O2/c1-8(2,9)3-6(12)11-7-4-10-5-13-7/h4-5H,3,9H2,1-2H3,(H,11,12). The van der Waals surface area contributed by atoms with Gasteiger partial charge >= 0.3 is 0 Å². The average molecular weight is 183 g/mol. The lowest BCUT2D eigenvalue weighted by Crippen LogP contribution is -2.36. The van der Waals surface area contributed by atoms with E-state index in [0.717, 1.165) is 0 Å². The van der Waals surface area contributed by atoms with E-state index in [1.54, 1.807) is 13.8 Å². The molecule has 1 aromatic heterocycles. The molecule has 0 fully saturated rings. The van der Waals surface area contributed by atoms with E-state index in [1.807, 2.05) is 0 Å². The predicted molar refractivity (Wildman–Crippen MR) is 48.0 cm³/mol. The van der Waals surface area contributed by atoms with Gasteiger partial charge in [0.1, 0.15) is 0 Å². The number of carbonyl (C=O) groups is 1. The van der Waals surface area contributed by atoms with E-state index in [0.29, 0.717) is 5.88 Å². The third kappa shape index (κ3) is 3.71. The lowest BCUT2D eigenvalue weighted by Gasteiger charge is -2.16. The fourth-order valence-corrected chi connectivity index (χ4v) is 0.873. The Hall–Kier alpha value is -1.36. The lowest BCUT2D eigenvalue weighted by atomic mass is 10.0. The summed E-state index contributed by atoms with van der Waals surface area (Å²) in [7, 11) is 0. The Labute approximate surface area is 76.3 Å². The molecule has 0 aliphatic carbocycles. The molecule has 0 radical (unpaired) electrons. The summed E-state index contributed by atoms with van der Waals surface area (Å²) in [5.41, 5.74) is 5.15. The second kappa shape index (κ2) is 3.57. The van der Waals surface area contributed by atoms with Crippen molar-refractivity contribution < 1.29 is 9.21 Å². The van der Waals surface area contributed by atoms with E-state index in [9.17, 15) is 4.79 Å². The van der Waals surface area contributed by atoms with E-state index in [2.05, 4.69) is 10.3 Å². The van der Waals surface area contributed by atoms with E-state index in [4.69, 9.17) is 10.2 Å². The summed E-state index contributed by atoms with van der Waals surface area (Å²) in [6.45, 7) is 3.57. The summed E-state index contributed by atoms with van der Waals surface area (Å²) in [6.07, 6.45) is 2.93. The topological polar surface area (TPSA) is 81.2 Å². The molecule has 0 aromatic carbocycles. The van der Waals surface area contributed by atoms with Crippen molar-refractivity contribution in [2.45, 2.75) is 25.8 Å². The molecule has 0 unspecified atom stereocenters. The van der Waals surface area contributed by atoms with Crippen molar-refractivity contribution >= 4 is 11.8 Å². The highest BCUT2D eigenvalue weighted by Gasteiger charge is 2.16. The molecule has 0 bridgehead atoms. The molecule has 1 rings (SSSR count). The molecule has 0 aliphatic heterocycles. The van der Waals surface area contributed by atoms with Crippen LogP contribution in [0.25, 0.3) is 0 Å². The van der Waals surface area contributed by atoms with E-state index < -0.39 is 5.54 Å². The highest BCUT2D eigenvalue weighted by Crippen LogP contribution is 2.08. The van der Waals surface area contributed by atoms with Gasteiger partial charge in [0.25, 0.3) is 0 Å². The molecule has 0 saturated heterocycles. The first-order valence-corrected chi connectivity index (χ1v) is 3.94. The van der Waals surface area contributed by atoms with Crippen molar-refractivity contribution in [3.63, 3.8) is 0 Å². The number of rotatable bonds is 3. The van der Waals surface area contributed by atoms with Gasteiger partial charge in [0.05, 0.1) is 6.20 Å². The highest BCUT2D eigenvalue weighted by atomic mass is 16.4. The molecule has 0 aliphatic rings. The summed E-state index contributed by atoms with van der Waals surface area (Å²) >= 11 is 0. The van der Waals surface area contributed by atoms with Crippen LogP contribution in [-0.2, 0) is 4.79 Å². The van der Waals surface area contributed by atoms with Gasteiger partial charge in [-0.05, 0) is 13.8 Å². The fraction of sp³-hybridized carbons (Fsp3) is 0.500. The van der Waals surface area contributed by atoms with E-state index in [-0.39, 0.29) is 12.3 Å². The number of anilines is 1. The molecule has 1 amide bonds. The summed E-state index contributed by atoms with van der Waals surface area (Å²) in [6, 6.07) is 0. The van der Waals surface area contributed by atoms with E-state index in [1.165, 1.54) is 12.6 Å². The van der Waals surface area contributed by atoms with Gasteiger partial charge in [0, 0.05) is 12.0 Å². The molecule has 0 atom stereocenters. The van der Waals surface area contributed by atoms with Crippen LogP contribution in [0.5, 0.6) is 0 Å². The number of nitrogens with one attached hydrogen (secondary N) is 1. The molecule has 0 spiro atoms. The average Bonchev–Trinajstić information content (AvgIpc) is 2.34. The summed E-state index contributed by atoms with van der Waals surface area (Å²) in [4.78, 5) is 14.9. The van der Waals surface area contributed by atoms with E-state index >= 15 is 0 Å². The zero-order valence-electron chi connectivity index (χ0n) is 7.70. The molecule has 5 nitrogen and oxygen atoms in total. The van der Waals surface area contributed by atoms with Crippen molar-refractivity contribution in [1.29, 1.82) is 0 Å². The first-order chi connectivity index (χ1) is 5.97. The van der Waals surface area contributed by atoms with Crippen LogP contribution < -0.4 is 11.1 Å². The number of hydrogen-bond acceptors (Lipinski definition) is 4. The van der Waals surface area contributed by atoms with Crippen molar-refractivity contribution in [2.24, 2.45) is 5.73 Å². The Bertz CT molecular complexity index is 274. The highest BCUT2D eigenvalue weighted by molar-refractivity contribution is 5.89. The largest absolute Gasteiger partial charge is 0.428 e. The lowest BCUT2D eigenvalue weighted by molar-refractivity contribution is -0.117. The minimum absolute atomic E-state index is 0.177. The summed E-state index contributed by atoms with van der Waals surface area (Å²) in [5, 5.41) is 2.53. The van der Waals surface area contributed by atoms with Crippen molar-refractivity contribution in [3.8, 4) is 0 Å². The Morgan fingerprint density at radius 2 is 2.46 bits per heavy atom. The minimum Gasteiger partial charge on any atom is -0.428 e. The fourth-order valence-electron chi connectivity index (χ4n) is 0.873. The molecular weight excluding hydrogens is 170 g/mol. The third-order valence-corrected chi connectivity index (χ3v) is 1.31. The number of aromatic nitrogens is 1. The molecule has 1 heterocycles. The molecule has 0 saturated carbocycles. The van der Waals surface area contributed by atoms with Crippen molar-refractivity contribution in [1.82, 2.24) is 4.98 Å². The van der Waals surface area contributed by atoms with Crippen LogP contribution in [0.15, 0.2) is 17.0 Å². The molecule has 5 heteroatoms. The smallest absolute Gasteiger partial charge is 0.228 e. The van der Waals surface area contributed by atoms with Gasteiger partial charge in [-0.25, -0.2) is 4.98 Å². The van der Waals surface area contributed by atoms with Gasteiger partial charge < -0.3 is 10.2 Å². The van der Waals surface area contributed by atoms with Gasteiger partial charge in [-0.2, -0.15) is 0 Å². The van der Waals surface area contributed by atoms with Crippen molar-refractivity contribution in [3.05, 3.63) is 12.6 Å². The number of oxazole rings is 1. The summed E-state index contributed by atoms with van der Waals surface area (Å²) in [5.74, 6) is 0.165. The number of nitrogens with zero attached hydrogens (tertiary/aromatic N) is 1. The Morgan fingerprint density at radius 3 is 2.92 bits per heavy atom. The SMILES string of the molecule is CC(C)(N)CC(=O)Nc1cnco1. The summed E-state index contributed by atoms with van der Waals surface area (Å²) < 4.78 is 4.83. The zero-order chi connectivity index (χ0) is 9.90. The molecule has 3 N–H and O–H groups in total. The van der Waals surface area contributed by atoms with Gasteiger partial charge in [-0.3, -0.25) is 10.1 Å². The number of hydrogen-bond donors (Lipinski definition) is 2. The van der Waals surface area contributed by atoms with Crippen LogP contribution in [0.2, 0.25) is 0 Å². The monoisotopic (exact) mass is 183 g/mol. The van der Waals surface area contributed by atoms with Gasteiger partial charge in [0.15, 0.2) is 6.39 Å². The van der Waals surface area contributed by atoms with Crippen LogP contribution >= 0.6 is 0 Å². The Kier molecular flexibility index (Phi) is 2.67. The second-order valence-electron chi connectivity index (χ2n) is 3.58. The Balaban J connectivity index is 2.43. The van der Waals surface area contributed by atoms with Crippen LogP contribution in [0.3, 0.4) is 0 Å². The van der Waals surface area contributed by atoms with Crippen LogP contribution in [0, 0.1) is 0 Å². The van der Waals surface area contributed by atoms with Crippen molar-refractivity contribution in [2.75, 3.05) is 5.32 Å². The van der Waals surface area contributed by atoms with Crippen LogP contribution in [0.4, 0.5) is 5.88 Å². The first kappa shape index (κ1) is 9.73. The molecule has 13 heavy (non-hydrogen) atoms. The molecule has 72 valence electrons. The second-order valence-corrected chi connectivity index (χ2v) is 3.58. The zero-order valence-corrected chi connectivity index (χ0v) is 7.70. The quantitative estimate of drug-likeness (QED) is 0.724. The van der Waals surface area contributed by atoms with Gasteiger partial charge in [0.2, 0.25) is 11.8 Å². The maximum atomic E-state index is 11.2. The normalized spacial score (nSPS) is 11.3. The molecular formula is C8H13N3O2. The first-order valence-electron chi connectivity index (χ1n) is 3.94. The van der Waals surface area contributed by atoms with Crippen LogP contribution in [0.1, 0.15) is 20.3 Å². The Morgan fingerprint density at radius 1 is 1.77 bits per heavy atom. The van der Waals surface area contributed by atoms with Gasteiger partial charge in [-0.1, -0.05) is 0 Å². The number of nitrogens with two attached hydrogens (primary N) is 1. The van der Waals surface area contributed by atoms with Gasteiger partial charge in [-0.15, -0.1) is 0 Å². The third-order valence-electron chi connectivity index (χ3n) is 1.31. The van der Waals surface area contributed by atoms with Crippen LogP contribution in [-0.4, -0.2) is 16.4 Å². The maximum Gasteiger partial charge on any atom is 0.228 e. The minimum atomic E-state index is -0.510.